The molecule has 20 heavy (non-hydrogen) atoms. The number of hydrogen-bond donors (Lipinski definition) is 1. The molecule has 2 heterocycles. The van der Waals surface area contributed by atoms with E-state index in [-0.39, 0.29) is 17.4 Å². The van der Waals surface area contributed by atoms with E-state index in [1.165, 1.54) is 12.4 Å². The number of nitrogens with zero attached hydrogens (tertiary/aromatic N) is 3. The molecule has 2 rings (SSSR count). The molecular weight excluding hydrogens is 284 g/mol. The summed E-state index contributed by atoms with van der Waals surface area (Å²) in [5, 5.41) is 16.1. The maximum absolute atomic E-state index is 11.2. The zero-order valence-electron chi connectivity index (χ0n) is 10.8. The third kappa shape index (κ3) is 3.64. The van der Waals surface area contributed by atoms with Gasteiger partial charge in [-0.05, 0) is 24.8 Å². The molecule has 0 amide bonds. The maximum atomic E-state index is 11.2. The van der Waals surface area contributed by atoms with Crippen molar-refractivity contribution in [3.63, 3.8) is 0 Å². The maximum Gasteiger partial charge on any atom is 0.310 e. The largest absolute Gasteiger partial charge is 0.366 e. The summed E-state index contributed by atoms with van der Waals surface area (Å²) in [7, 11) is -3.53. The predicted molar refractivity (Wildman–Crippen MR) is 73.8 cm³/mol. The first-order valence-electron chi connectivity index (χ1n) is 6.20. The van der Waals surface area contributed by atoms with Crippen molar-refractivity contribution in [3.05, 3.63) is 28.6 Å². The molecule has 0 spiro atoms. The third-order valence-corrected chi connectivity index (χ3v) is 4.24. The van der Waals surface area contributed by atoms with Crippen LogP contribution in [0.15, 0.2) is 18.5 Å². The fourth-order valence-electron chi connectivity index (χ4n) is 2.54. The van der Waals surface area contributed by atoms with E-state index in [1.807, 2.05) is 4.90 Å². The van der Waals surface area contributed by atoms with Crippen LogP contribution in [-0.4, -0.2) is 37.2 Å². The van der Waals surface area contributed by atoms with Crippen LogP contribution in [0, 0.1) is 16.0 Å². The van der Waals surface area contributed by atoms with Crippen molar-refractivity contribution >= 4 is 21.4 Å². The van der Waals surface area contributed by atoms with E-state index < -0.39 is 14.9 Å². The lowest BCUT2D eigenvalue weighted by Gasteiger charge is -2.33. The first-order chi connectivity index (χ1) is 9.37. The SMILES string of the molecule is NS(=O)(=O)CC1CCCN(c2ccncc2[N+](=O)[O-])C1. The summed E-state index contributed by atoms with van der Waals surface area (Å²) in [6.07, 6.45) is 4.23. The average molecular weight is 300 g/mol. The Morgan fingerprint density at radius 2 is 2.30 bits per heavy atom. The van der Waals surface area contributed by atoms with Gasteiger partial charge in [0.2, 0.25) is 10.0 Å². The number of piperidine rings is 1. The molecule has 0 radical (unpaired) electrons. The van der Waals surface area contributed by atoms with Crippen molar-refractivity contribution in [2.45, 2.75) is 12.8 Å². The van der Waals surface area contributed by atoms with Gasteiger partial charge in [0, 0.05) is 19.3 Å². The Kier molecular flexibility index (Phi) is 4.19. The molecule has 2 N–H and O–H groups in total. The van der Waals surface area contributed by atoms with Gasteiger partial charge in [0.25, 0.3) is 0 Å². The second-order valence-corrected chi connectivity index (χ2v) is 6.56. The Labute approximate surface area is 116 Å². The predicted octanol–water partition coefficient (Wildman–Crippen LogP) is 0.495. The van der Waals surface area contributed by atoms with Gasteiger partial charge in [0.15, 0.2) is 0 Å². The summed E-state index contributed by atoms with van der Waals surface area (Å²) in [6, 6.07) is 1.58. The molecule has 1 atom stereocenters. The van der Waals surface area contributed by atoms with Crippen LogP contribution >= 0.6 is 0 Å². The van der Waals surface area contributed by atoms with Crippen LogP contribution in [0.25, 0.3) is 0 Å². The van der Waals surface area contributed by atoms with Gasteiger partial charge in [-0.25, -0.2) is 13.6 Å². The van der Waals surface area contributed by atoms with Crippen molar-refractivity contribution in [2.75, 3.05) is 23.7 Å². The third-order valence-electron chi connectivity index (χ3n) is 3.30. The first kappa shape index (κ1) is 14.7. The number of hydrogen-bond acceptors (Lipinski definition) is 6. The van der Waals surface area contributed by atoms with Crippen LogP contribution in [0.2, 0.25) is 0 Å². The molecule has 0 bridgehead atoms. The van der Waals surface area contributed by atoms with Gasteiger partial charge in [0.05, 0.1) is 10.7 Å². The number of primary sulfonamides is 1. The normalized spacial score (nSPS) is 19.9. The second-order valence-electron chi connectivity index (χ2n) is 4.91. The lowest BCUT2D eigenvalue weighted by Crippen LogP contribution is -2.39. The number of anilines is 1. The van der Waals surface area contributed by atoms with Gasteiger partial charge < -0.3 is 4.90 Å². The fourth-order valence-corrected chi connectivity index (χ4v) is 3.46. The summed E-state index contributed by atoms with van der Waals surface area (Å²) < 4.78 is 22.3. The molecule has 1 fully saturated rings. The Bertz CT molecular complexity index is 604. The summed E-state index contributed by atoms with van der Waals surface area (Å²) in [6.45, 7) is 1.10. The van der Waals surface area contributed by atoms with E-state index in [0.29, 0.717) is 18.8 Å². The van der Waals surface area contributed by atoms with E-state index in [4.69, 9.17) is 5.14 Å². The highest BCUT2D eigenvalue weighted by molar-refractivity contribution is 7.89. The van der Waals surface area contributed by atoms with Gasteiger partial charge in [0.1, 0.15) is 11.9 Å². The Balaban J connectivity index is 2.19. The summed E-state index contributed by atoms with van der Waals surface area (Å²) in [5.41, 5.74) is 0.410. The minimum Gasteiger partial charge on any atom is -0.366 e. The number of nitro groups is 1. The highest BCUT2D eigenvalue weighted by atomic mass is 32.2. The molecule has 1 aromatic heterocycles. The summed E-state index contributed by atoms with van der Waals surface area (Å²) >= 11 is 0. The molecular formula is C11H16N4O4S. The van der Waals surface area contributed by atoms with E-state index in [9.17, 15) is 18.5 Å². The summed E-state index contributed by atoms with van der Waals surface area (Å²) in [5.74, 6) is -0.200. The van der Waals surface area contributed by atoms with Crippen LogP contribution in [0.5, 0.6) is 0 Å². The zero-order valence-corrected chi connectivity index (χ0v) is 11.6. The molecule has 0 aromatic carbocycles. The molecule has 0 saturated carbocycles. The minimum atomic E-state index is -3.53. The molecule has 9 heteroatoms. The van der Waals surface area contributed by atoms with Crippen LogP contribution < -0.4 is 10.0 Å². The Morgan fingerprint density at radius 1 is 1.55 bits per heavy atom. The van der Waals surface area contributed by atoms with Crippen LogP contribution in [0.3, 0.4) is 0 Å². The smallest absolute Gasteiger partial charge is 0.310 e. The first-order valence-corrected chi connectivity index (χ1v) is 7.92. The van der Waals surface area contributed by atoms with Crippen LogP contribution in [-0.2, 0) is 10.0 Å². The zero-order chi connectivity index (χ0) is 14.8. The van der Waals surface area contributed by atoms with Crippen molar-refractivity contribution in [1.82, 2.24) is 4.98 Å². The number of pyridine rings is 1. The van der Waals surface area contributed by atoms with Crippen molar-refractivity contribution in [3.8, 4) is 0 Å². The van der Waals surface area contributed by atoms with Crippen LogP contribution in [0.4, 0.5) is 11.4 Å². The molecule has 1 aliphatic rings. The molecule has 1 unspecified atom stereocenters. The van der Waals surface area contributed by atoms with Crippen LogP contribution in [0.1, 0.15) is 12.8 Å². The van der Waals surface area contributed by atoms with E-state index in [1.54, 1.807) is 6.07 Å². The minimum absolute atomic E-state index is 0.0660. The molecule has 8 nitrogen and oxygen atoms in total. The molecule has 1 saturated heterocycles. The number of rotatable bonds is 4. The molecule has 1 aliphatic heterocycles. The van der Waals surface area contributed by atoms with Gasteiger partial charge in [-0.2, -0.15) is 0 Å². The van der Waals surface area contributed by atoms with Crippen molar-refractivity contribution in [1.29, 1.82) is 0 Å². The van der Waals surface area contributed by atoms with E-state index >= 15 is 0 Å². The monoisotopic (exact) mass is 300 g/mol. The standard InChI is InChI=1S/C11H16N4O4S/c12-20(18,19)8-9-2-1-5-14(7-9)10-3-4-13-6-11(10)15(16)17/h3-4,6,9H,1-2,5,7-8H2,(H2,12,18,19). The average Bonchev–Trinajstić information content (AvgIpc) is 2.37. The number of aromatic nitrogens is 1. The van der Waals surface area contributed by atoms with Crippen molar-refractivity contribution in [2.24, 2.45) is 11.1 Å². The van der Waals surface area contributed by atoms with Gasteiger partial charge in [-0.3, -0.25) is 15.1 Å². The van der Waals surface area contributed by atoms with E-state index in [2.05, 4.69) is 4.98 Å². The number of nitrogens with two attached hydrogens (primary N) is 1. The summed E-state index contributed by atoms with van der Waals surface area (Å²) in [4.78, 5) is 16.1. The molecule has 110 valence electrons. The molecule has 0 aliphatic carbocycles. The highest BCUT2D eigenvalue weighted by Gasteiger charge is 2.27. The van der Waals surface area contributed by atoms with Gasteiger partial charge in [-0.1, -0.05) is 0 Å². The molecule has 1 aromatic rings. The Morgan fingerprint density at radius 3 is 2.95 bits per heavy atom. The Hall–Kier alpha value is -1.74. The lowest BCUT2D eigenvalue weighted by atomic mass is 9.99. The van der Waals surface area contributed by atoms with E-state index in [0.717, 1.165) is 12.8 Å². The van der Waals surface area contributed by atoms with Gasteiger partial charge >= 0.3 is 5.69 Å². The number of sulfonamides is 1. The van der Waals surface area contributed by atoms with Crippen molar-refractivity contribution < 1.29 is 13.3 Å². The fraction of sp³-hybridized carbons (Fsp3) is 0.545. The lowest BCUT2D eigenvalue weighted by molar-refractivity contribution is -0.384. The van der Waals surface area contributed by atoms with Gasteiger partial charge in [-0.15, -0.1) is 0 Å². The second kappa shape index (κ2) is 5.71. The highest BCUT2D eigenvalue weighted by Crippen LogP contribution is 2.30. The topological polar surface area (TPSA) is 119 Å². The quantitative estimate of drug-likeness (QED) is 0.638.